The van der Waals surface area contributed by atoms with Gasteiger partial charge in [0.25, 0.3) is 0 Å². The molecule has 0 aromatic carbocycles. The van der Waals surface area contributed by atoms with Gasteiger partial charge in [0.15, 0.2) is 0 Å². The van der Waals surface area contributed by atoms with Gasteiger partial charge in [-0.3, -0.25) is 9.69 Å². The second-order valence-corrected chi connectivity index (χ2v) is 5.02. The summed E-state index contributed by atoms with van der Waals surface area (Å²) in [6.07, 6.45) is 6.18. The van der Waals surface area contributed by atoms with Crippen molar-refractivity contribution in [2.75, 3.05) is 26.2 Å². The van der Waals surface area contributed by atoms with Gasteiger partial charge in [-0.1, -0.05) is 6.08 Å². The summed E-state index contributed by atoms with van der Waals surface area (Å²) in [7, 11) is 0. The molecule has 0 aromatic heterocycles. The normalized spacial score (nSPS) is 24.1. The molecule has 0 aromatic rings. The first-order valence-electron chi connectivity index (χ1n) is 6.66. The van der Waals surface area contributed by atoms with Crippen LogP contribution in [-0.4, -0.2) is 49.1 Å². The number of nitrogens with one attached hydrogen (secondary N) is 2. The van der Waals surface area contributed by atoms with Crippen LogP contribution in [0.15, 0.2) is 12.7 Å². The number of hydrogen-bond donors (Lipinski definition) is 2. The van der Waals surface area contributed by atoms with Crippen molar-refractivity contribution < 1.29 is 4.79 Å². The molecule has 2 rings (SSSR count). The molecule has 1 unspecified atom stereocenters. The average molecular weight is 310 g/mol. The smallest absolute Gasteiger partial charge is 0.237 e. The van der Waals surface area contributed by atoms with E-state index >= 15 is 0 Å². The molecule has 2 heterocycles. The Morgan fingerprint density at radius 2 is 2.00 bits per heavy atom. The second kappa shape index (κ2) is 9.59. The Kier molecular flexibility index (Phi) is 9.44. The lowest BCUT2D eigenvalue weighted by molar-refractivity contribution is -0.123. The summed E-state index contributed by atoms with van der Waals surface area (Å²) in [6.45, 7) is 7.83. The van der Waals surface area contributed by atoms with Crippen LogP contribution in [0.2, 0.25) is 0 Å². The lowest BCUT2D eigenvalue weighted by atomic mass is 10.0. The highest BCUT2D eigenvalue weighted by Gasteiger charge is 2.25. The number of rotatable bonds is 4. The summed E-state index contributed by atoms with van der Waals surface area (Å²) in [5.74, 6) is 0.199. The maximum absolute atomic E-state index is 11.9. The van der Waals surface area contributed by atoms with Gasteiger partial charge in [-0.05, 0) is 32.2 Å². The Bertz CT molecular complexity index is 275. The lowest BCUT2D eigenvalue weighted by Crippen LogP contribution is -2.49. The highest BCUT2D eigenvalue weighted by molar-refractivity contribution is 5.85. The Hall–Kier alpha value is -0.290. The third kappa shape index (κ3) is 5.69. The average Bonchev–Trinajstić information content (AvgIpc) is 2.86. The summed E-state index contributed by atoms with van der Waals surface area (Å²) in [5.41, 5.74) is 0. The van der Waals surface area contributed by atoms with Gasteiger partial charge in [0, 0.05) is 25.7 Å². The SMILES string of the molecule is C=CCN1CCC(NC(=O)C2CCCN2)CC1.Cl.Cl. The molecule has 0 spiro atoms. The molecule has 2 fully saturated rings. The van der Waals surface area contributed by atoms with Crippen LogP contribution in [0.3, 0.4) is 0 Å². The predicted octanol–water partition coefficient (Wildman–Crippen LogP) is 1.35. The van der Waals surface area contributed by atoms with Crippen molar-refractivity contribution >= 4 is 30.7 Å². The number of hydrogen-bond acceptors (Lipinski definition) is 3. The summed E-state index contributed by atoms with van der Waals surface area (Å²) >= 11 is 0. The van der Waals surface area contributed by atoms with Crippen molar-refractivity contribution in [3.05, 3.63) is 12.7 Å². The molecule has 112 valence electrons. The lowest BCUT2D eigenvalue weighted by Gasteiger charge is -2.32. The van der Waals surface area contributed by atoms with E-state index in [9.17, 15) is 4.79 Å². The first kappa shape index (κ1) is 18.7. The Balaban J connectivity index is 0.00000162. The van der Waals surface area contributed by atoms with Gasteiger partial charge in [0.05, 0.1) is 6.04 Å². The molecule has 0 bridgehead atoms. The van der Waals surface area contributed by atoms with Crippen molar-refractivity contribution in [3.63, 3.8) is 0 Å². The number of carbonyl (C=O) groups excluding carboxylic acids is 1. The fraction of sp³-hybridized carbons (Fsp3) is 0.769. The molecule has 2 saturated heterocycles. The monoisotopic (exact) mass is 309 g/mol. The number of likely N-dealkylation sites (tertiary alicyclic amines) is 1. The van der Waals surface area contributed by atoms with Gasteiger partial charge in [0.2, 0.25) is 5.91 Å². The number of carbonyl (C=O) groups is 1. The van der Waals surface area contributed by atoms with Crippen LogP contribution in [-0.2, 0) is 4.79 Å². The molecule has 2 aliphatic rings. The van der Waals surface area contributed by atoms with Gasteiger partial charge in [-0.15, -0.1) is 31.4 Å². The van der Waals surface area contributed by atoms with Gasteiger partial charge in [0.1, 0.15) is 0 Å². The van der Waals surface area contributed by atoms with E-state index in [0.717, 1.165) is 51.9 Å². The van der Waals surface area contributed by atoms with Crippen LogP contribution in [0, 0.1) is 0 Å². The largest absolute Gasteiger partial charge is 0.352 e. The van der Waals surface area contributed by atoms with Crippen LogP contribution >= 0.6 is 24.8 Å². The third-order valence-corrected chi connectivity index (χ3v) is 3.70. The van der Waals surface area contributed by atoms with Crippen LogP contribution in [0.4, 0.5) is 0 Å². The molecule has 4 nitrogen and oxygen atoms in total. The summed E-state index contributed by atoms with van der Waals surface area (Å²) in [4.78, 5) is 14.3. The Morgan fingerprint density at radius 1 is 1.32 bits per heavy atom. The van der Waals surface area contributed by atoms with Crippen molar-refractivity contribution in [2.24, 2.45) is 0 Å². The molecular formula is C13H25Cl2N3O. The predicted molar refractivity (Wildman–Crippen MR) is 83.3 cm³/mol. The maximum Gasteiger partial charge on any atom is 0.237 e. The van der Waals surface area contributed by atoms with E-state index in [4.69, 9.17) is 0 Å². The summed E-state index contributed by atoms with van der Waals surface area (Å²) in [6, 6.07) is 0.423. The minimum atomic E-state index is 0. The minimum absolute atomic E-state index is 0. The van der Waals surface area contributed by atoms with Crippen molar-refractivity contribution in [1.29, 1.82) is 0 Å². The molecule has 2 aliphatic heterocycles. The molecule has 6 heteroatoms. The van der Waals surface area contributed by atoms with E-state index in [1.54, 1.807) is 0 Å². The molecule has 2 N–H and O–H groups in total. The molecule has 0 radical (unpaired) electrons. The maximum atomic E-state index is 11.9. The van der Waals surface area contributed by atoms with E-state index in [-0.39, 0.29) is 36.8 Å². The topological polar surface area (TPSA) is 44.4 Å². The van der Waals surface area contributed by atoms with E-state index in [0.29, 0.717) is 6.04 Å². The van der Waals surface area contributed by atoms with Crippen LogP contribution in [0.25, 0.3) is 0 Å². The van der Waals surface area contributed by atoms with Gasteiger partial charge < -0.3 is 10.6 Å². The molecule has 0 aliphatic carbocycles. The number of amides is 1. The molecular weight excluding hydrogens is 285 g/mol. The first-order chi connectivity index (χ1) is 8.29. The third-order valence-electron chi connectivity index (χ3n) is 3.70. The zero-order chi connectivity index (χ0) is 12.1. The molecule has 0 saturated carbocycles. The van der Waals surface area contributed by atoms with E-state index in [1.807, 2.05) is 6.08 Å². The highest BCUT2D eigenvalue weighted by Crippen LogP contribution is 2.11. The second-order valence-electron chi connectivity index (χ2n) is 5.02. The Morgan fingerprint density at radius 3 is 2.53 bits per heavy atom. The van der Waals surface area contributed by atoms with E-state index in [2.05, 4.69) is 22.1 Å². The van der Waals surface area contributed by atoms with Crippen molar-refractivity contribution in [3.8, 4) is 0 Å². The molecule has 1 atom stereocenters. The van der Waals surface area contributed by atoms with Crippen LogP contribution in [0.5, 0.6) is 0 Å². The number of piperidine rings is 1. The van der Waals surface area contributed by atoms with Crippen LogP contribution in [0.1, 0.15) is 25.7 Å². The zero-order valence-electron chi connectivity index (χ0n) is 11.3. The standard InChI is InChI=1S/C13H23N3O.2ClH/c1-2-8-16-9-5-11(6-10-16)15-13(17)12-4-3-7-14-12;;/h2,11-12,14H,1,3-10H2,(H,15,17);2*1H. The molecule has 1 amide bonds. The minimum Gasteiger partial charge on any atom is -0.352 e. The quantitative estimate of drug-likeness (QED) is 0.771. The van der Waals surface area contributed by atoms with Crippen molar-refractivity contribution in [2.45, 2.75) is 37.8 Å². The van der Waals surface area contributed by atoms with Crippen LogP contribution < -0.4 is 10.6 Å². The van der Waals surface area contributed by atoms with Crippen molar-refractivity contribution in [1.82, 2.24) is 15.5 Å². The fourth-order valence-corrected chi connectivity index (χ4v) is 2.65. The zero-order valence-corrected chi connectivity index (χ0v) is 12.9. The first-order valence-corrected chi connectivity index (χ1v) is 6.66. The number of halogens is 2. The van der Waals surface area contributed by atoms with E-state index < -0.39 is 0 Å². The summed E-state index contributed by atoms with van der Waals surface area (Å²) in [5, 5.41) is 6.41. The number of nitrogens with zero attached hydrogens (tertiary/aromatic N) is 1. The Labute approximate surface area is 128 Å². The van der Waals surface area contributed by atoms with Gasteiger partial charge in [-0.25, -0.2) is 0 Å². The van der Waals surface area contributed by atoms with Gasteiger partial charge >= 0.3 is 0 Å². The summed E-state index contributed by atoms with van der Waals surface area (Å²) < 4.78 is 0. The highest BCUT2D eigenvalue weighted by atomic mass is 35.5. The molecule has 19 heavy (non-hydrogen) atoms. The van der Waals surface area contributed by atoms with Gasteiger partial charge in [-0.2, -0.15) is 0 Å². The fourth-order valence-electron chi connectivity index (χ4n) is 2.65. The van der Waals surface area contributed by atoms with E-state index in [1.165, 1.54) is 0 Å².